The molecular weight excluding hydrogens is 278 g/mol. The van der Waals surface area contributed by atoms with Gasteiger partial charge in [0.1, 0.15) is 11.9 Å². The molecule has 1 aromatic rings. The molecular formula is C14H17NO6. The van der Waals surface area contributed by atoms with Crippen molar-refractivity contribution in [3.8, 4) is 5.75 Å². The van der Waals surface area contributed by atoms with Crippen LogP contribution in [0.15, 0.2) is 18.2 Å². The van der Waals surface area contributed by atoms with Gasteiger partial charge in [0.2, 0.25) is 0 Å². The normalized spacial score (nSPS) is 21.4. The van der Waals surface area contributed by atoms with Gasteiger partial charge in [0, 0.05) is 25.8 Å². The Labute approximate surface area is 121 Å². The summed E-state index contributed by atoms with van der Waals surface area (Å²) in [6.45, 7) is 0.389. The van der Waals surface area contributed by atoms with E-state index >= 15 is 0 Å². The second-order valence-corrected chi connectivity index (χ2v) is 4.81. The molecule has 0 saturated carbocycles. The van der Waals surface area contributed by atoms with Crippen molar-refractivity contribution in [2.75, 3.05) is 27.3 Å². The van der Waals surface area contributed by atoms with Crippen LogP contribution >= 0.6 is 0 Å². The van der Waals surface area contributed by atoms with Crippen LogP contribution in [0.1, 0.15) is 20.7 Å². The molecule has 0 aromatic heterocycles. The summed E-state index contributed by atoms with van der Waals surface area (Å²) in [7, 11) is 2.68. The lowest BCUT2D eigenvalue weighted by molar-refractivity contribution is 0.0215. The highest BCUT2D eigenvalue weighted by Crippen LogP contribution is 2.21. The summed E-state index contributed by atoms with van der Waals surface area (Å²) in [5.41, 5.74) is 0.239. The minimum atomic E-state index is -0.753. The van der Waals surface area contributed by atoms with Gasteiger partial charge >= 0.3 is 5.97 Å². The number of nitrogens with zero attached hydrogens (tertiary/aromatic N) is 1. The molecule has 1 fully saturated rings. The van der Waals surface area contributed by atoms with Crippen molar-refractivity contribution >= 4 is 11.9 Å². The molecule has 1 saturated heterocycles. The lowest BCUT2D eigenvalue weighted by Gasteiger charge is -2.16. The summed E-state index contributed by atoms with van der Waals surface area (Å²) < 4.78 is 9.64. The molecule has 2 rings (SSSR count). The molecule has 0 radical (unpaired) electrons. The quantitative estimate of drug-likeness (QED) is 0.763. The molecule has 2 atom stereocenters. The zero-order valence-electron chi connectivity index (χ0n) is 11.8. The van der Waals surface area contributed by atoms with E-state index in [9.17, 15) is 19.8 Å². The van der Waals surface area contributed by atoms with Crippen LogP contribution in [-0.2, 0) is 9.47 Å². The van der Waals surface area contributed by atoms with Gasteiger partial charge in [-0.1, -0.05) is 0 Å². The van der Waals surface area contributed by atoms with E-state index in [0.29, 0.717) is 0 Å². The molecule has 0 unspecified atom stereocenters. The Morgan fingerprint density at radius 2 is 1.86 bits per heavy atom. The number of β-amino-alcohol motifs (C(OH)–C–C–N with tert-alkyl or cyclic N) is 1. The molecule has 1 aromatic carbocycles. The summed E-state index contributed by atoms with van der Waals surface area (Å²) in [4.78, 5) is 25.3. The van der Waals surface area contributed by atoms with Gasteiger partial charge in [0.25, 0.3) is 5.91 Å². The van der Waals surface area contributed by atoms with Crippen LogP contribution < -0.4 is 0 Å². The maximum absolute atomic E-state index is 12.4. The highest BCUT2D eigenvalue weighted by molar-refractivity contribution is 5.98. The second kappa shape index (κ2) is 6.11. The fourth-order valence-corrected chi connectivity index (χ4v) is 2.31. The SMILES string of the molecule is COC(=O)c1cc(O)cc(C(=O)N2C[C@H](OC)[C@@H](O)C2)c1. The van der Waals surface area contributed by atoms with Crippen LogP contribution in [0.3, 0.4) is 0 Å². The van der Waals surface area contributed by atoms with Gasteiger partial charge in [0.15, 0.2) is 0 Å². The number of aliphatic hydroxyl groups excluding tert-OH is 1. The Balaban J connectivity index is 2.24. The summed E-state index contributed by atoms with van der Waals surface area (Å²) in [5, 5.41) is 19.4. The number of rotatable bonds is 3. The minimum Gasteiger partial charge on any atom is -0.508 e. The molecule has 0 aliphatic carbocycles. The van der Waals surface area contributed by atoms with Gasteiger partial charge < -0.3 is 24.6 Å². The third-order valence-electron chi connectivity index (χ3n) is 3.41. The fourth-order valence-electron chi connectivity index (χ4n) is 2.31. The molecule has 0 bridgehead atoms. The van der Waals surface area contributed by atoms with Crippen LogP contribution in [0, 0.1) is 0 Å². The number of phenolic OH excluding ortho intramolecular Hbond substituents is 1. The van der Waals surface area contributed by atoms with E-state index in [2.05, 4.69) is 4.74 Å². The van der Waals surface area contributed by atoms with E-state index in [-0.39, 0.29) is 30.0 Å². The number of aromatic hydroxyl groups is 1. The summed E-state index contributed by atoms with van der Waals surface area (Å²) in [6.07, 6.45) is -1.19. The van der Waals surface area contributed by atoms with E-state index in [1.807, 2.05) is 0 Å². The molecule has 0 spiro atoms. The van der Waals surface area contributed by atoms with Crippen LogP contribution in [-0.4, -0.2) is 66.5 Å². The molecule has 1 aliphatic heterocycles. The van der Waals surface area contributed by atoms with Gasteiger partial charge in [-0.25, -0.2) is 4.79 Å². The van der Waals surface area contributed by atoms with Crippen molar-refractivity contribution in [1.82, 2.24) is 4.90 Å². The summed E-state index contributed by atoms with van der Waals surface area (Å²) in [6, 6.07) is 3.83. The van der Waals surface area contributed by atoms with E-state index < -0.39 is 24.1 Å². The molecule has 7 heteroatoms. The maximum Gasteiger partial charge on any atom is 0.338 e. The van der Waals surface area contributed by atoms with Crippen LogP contribution in [0.4, 0.5) is 0 Å². The Bertz CT molecular complexity index is 558. The zero-order valence-corrected chi connectivity index (χ0v) is 11.8. The van der Waals surface area contributed by atoms with Gasteiger partial charge in [-0.3, -0.25) is 4.79 Å². The fraction of sp³-hybridized carbons (Fsp3) is 0.429. The van der Waals surface area contributed by atoms with Crippen molar-refractivity contribution in [3.63, 3.8) is 0 Å². The standard InChI is InChI=1S/C14H17NO6/c1-20-12-7-15(6-11(12)17)13(18)8-3-9(14(19)21-2)5-10(16)4-8/h3-5,11-12,16-17H,6-7H2,1-2H3/t11-,12-/m0/s1. The van der Waals surface area contributed by atoms with Gasteiger partial charge in [-0.2, -0.15) is 0 Å². The lowest BCUT2D eigenvalue weighted by Crippen LogP contribution is -2.30. The topological polar surface area (TPSA) is 96.3 Å². The highest BCUT2D eigenvalue weighted by Gasteiger charge is 2.34. The largest absolute Gasteiger partial charge is 0.508 e. The average Bonchev–Trinajstić information content (AvgIpc) is 2.86. The number of esters is 1. The third kappa shape index (κ3) is 3.14. The van der Waals surface area contributed by atoms with E-state index in [1.54, 1.807) is 0 Å². The van der Waals surface area contributed by atoms with Crippen molar-refractivity contribution in [3.05, 3.63) is 29.3 Å². The Morgan fingerprint density at radius 1 is 1.19 bits per heavy atom. The Morgan fingerprint density at radius 3 is 2.43 bits per heavy atom. The Kier molecular flexibility index (Phi) is 4.44. The van der Waals surface area contributed by atoms with Crippen molar-refractivity contribution in [2.45, 2.75) is 12.2 Å². The van der Waals surface area contributed by atoms with Crippen molar-refractivity contribution < 1.29 is 29.3 Å². The molecule has 1 aliphatic rings. The number of ether oxygens (including phenoxy) is 2. The number of hydrogen-bond donors (Lipinski definition) is 2. The minimum absolute atomic E-state index is 0.0869. The predicted molar refractivity (Wildman–Crippen MR) is 72.2 cm³/mol. The zero-order chi connectivity index (χ0) is 15.6. The third-order valence-corrected chi connectivity index (χ3v) is 3.41. The van der Waals surface area contributed by atoms with Crippen molar-refractivity contribution in [2.24, 2.45) is 0 Å². The van der Waals surface area contributed by atoms with Crippen LogP contribution in [0.5, 0.6) is 5.75 Å². The highest BCUT2D eigenvalue weighted by atomic mass is 16.5. The first-order valence-electron chi connectivity index (χ1n) is 6.38. The lowest BCUT2D eigenvalue weighted by atomic mass is 10.1. The van der Waals surface area contributed by atoms with Gasteiger partial charge in [0.05, 0.1) is 18.8 Å². The molecule has 1 heterocycles. The van der Waals surface area contributed by atoms with Gasteiger partial charge in [-0.15, -0.1) is 0 Å². The number of likely N-dealkylation sites (tertiary alicyclic amines) is 1. The molecule has 7 nitrogen and oxygen atoms in total. The first-order valence-corrected chi connectivity index (χ1v) is 6.38. The number of aliphatic hydroxyl groups is 1. The monoisotopic (exact) mass is 295 g/mol. The number of methoxy groups -OCH3 is 2. The van der Waals surface area contributed by atoms with E-state index in [1.165, 1.54) is 37.3 Å². The Hall–Kier alpha value is -2.12. The molecule has 1 amide bonds. The number of phenols is 1. The number of amides is 1. The second-order valence-electron chi connectivity index (χ2n) is 4.81. The average molecular weight is 295 g/mol. The number of hydrogen-bond acceptors (Lipinski definition) is 6. The summed E-state index contributed by atoms with van der Waals surface area (Å²) in [5.74, 6) is -1.24. The maximum atomic E-state index is 12.4. The summed E-state index contributed by atoms with van der Waals surface area (Å²) >= 11 is 0. The first-order chi connectivity index (χ1) is 9.96. The van der Waals surface area contributed by atoms with E-state index in [0.717, 1.165) is 0 Å². The van der Waals surface area contributed by atoms with Crippen LogP contribution in [0.2, 0.25) is 0 Å². The smallest absolute Gasteiger partial charge is 0.338 e. The number of carbonyl (C=O) groups excluding carboxylic acids is 2. The molecule has 2 N–H and O–H groups in total. The van der Waals surface area contributed by atoms with Gasteiger partial charge in [-0.05, 0) is 18.2 Å². The first kappa shape index (κ1) is 15.3. The number of benzene rings is 1. The molecule has 21 heavy (non-hydrogen) atoms. The predicted octanol–water partition coefficient (Wildman–Crippen LogP) is 0.0105. The molecule has 114 valence electrons. The number of carbonyl (C=O) groups is 2. The van der Waals surface area contributed by atoms with Crippen LogP contribution in [0.25, 0.3) is 0 Å². The van der Waals surface area contributed by atoms with E-state index in [4.69, 9.17) is 4.74 Å². The van der Waals surface area contributed by atoms with Crippen molar-refractivity contribution in [1.29, 1.82) is 0 Å².